The van der Waals surface area contributed by atoms with Crippen LogP contribution in [0.4, 0.5) is 0 Å². The molecule has 3 aromatic rings. The van der Waals surface area contributed by atoms with Crippen LogP contribution >= 0.6 is 23.2 Å². The van der Waals surface area contributed by atoms with E-state index in [0.717, 1.165) is 6.42 Å². The average molecular weight is 364 g/mol. The number of benzene rings is 2. The molecule has 2 aromatic carbocycles. The van der Waals surface area contributed by atoms with E-state index in [1.165, 1.54) is 0 Å². The standard InChI is InChI=1S/C17H15Cl2N3O2/c18-10-2-4-14-12(8-10)17(23)22-16(21-14)13-9-11(19)3-5-15(13)24-7-1-6-20/h2-5,8-9H,1,6-7,20H2,(H,21,22,23). The molecule has 1 heterocycles. The van der Waals surface area contributed by atoms with Gasteiger partial charge < -0.3 is 15.5 Å². The minimum absolute atomic E-state index is 0.273. The van der Waals surface area contributed by atoms with Gasteiger partial charge in [-0.15, -0.1) is 0 Å². The third-order valence-electron chi connectivity index (χ3n) is 3.47. The predicted octanol–water partition coefficient (Wildman–Crippen LogP) is 3.62. The summed E-state index contributed by atoms with van der Waals surface area (Å²) in [5.74, 6) is 0.976. The number of fused-ring (bicyclic) bond motifs is 1. The van der Waals surface area contributed by atoms with Gasteiger partial charge in [0.05, 0.1) is 23.1 Å². The van der Waals surface area contributed by atoms with Crippen molar-refractivity contribution in [2.75, 3.05) is 13.2 Å². The van der Waals surface area contributed by atoms with Gasteiger partial charge in [-0.25, -0.2) is 4.98 Å². The van der Waals surface area contributed by atoms with Gasteiger partial charge in [0.25, 0.3) is 5.56 Å². The second-order valence-corrected chi connectivity index (χ2v) is 6.08. The molecule has 0 spiro atoms. The summed E-state index contributed by atoms with van der Waals surface area (Å²) in [5.41, 5.74) is 6.38. The van der Waals surface area contributed by atoms with Gasteiger partial charge in [0.2, 0.25) is 0 Å². The lowest BCUT2D eigenvalue weighted by Gasteiger charge is -2.11. The Labute approximate surface area is 148 Å². The van der Waals surface area contributed by atoms with Crippen molar-refractivity contribution in [1.82, 2.24) is 9.97 Å². The van der Waals surface area contributed by atoms with E-state index >= 15 is 0 Å². The zero-order valence-electron chi connectivity index (χ0n) is 12.7. The fourth-order valence-corrected chi connectivity index (χ4v) is 2.66. The molecule has 1 aromatic heterocycles. The topological polar surface area (TPSA) is 81.0 Å². The van der Waals surface area contributed by atoms with Crippen molar-refractivity contribution in [2.45, 2.75) is 6.42 Å². The SMILES string of the molecule is NCCCOc1ccc(Cl)cc1-c1nc2ccc(Cl)cc2c(=O)[nH]1. The molecule has 3 N–H and O–H groups in total. The smallest absolute Gasteiger partial charge is 0.259 e. The summed E-state index contributed by atoms with van der Waals surface area (Å²) in [5, 5.41) is 1.44. The van der Waals surface area contributed by atoms with Crippen LogP contribution in [-0.4, -0.2) is 23.1 Å². The molecule has 0 saturated carbocycles. The van der Waals surface area contributed by atoms with E-state index in [2.05, 4.69) is 9.97 Å². The van der Waals surface area contributed by atoms with Crippen LogP contribution in [0, 0.1) is 0 Å². The third-order valence-corrected chi connectivity index (χ3v) is 3.94. The second-order valence-electron chi connectivity index (χ2n) is 5.21. The van der Waals surface area contributed by atoms with E-state index in [4.69, 9.17) is 33.7 Å². The molecule has 0 amide bonds. The first-order valence-corrected chi connectivity index (χ1v) is 8.16. The van der Waals surface area contributed by atoms with Crippen LogP contribution in [0.25, 0.3) is 22.3 Å². The Balaban J connectivity index is 2.11. The van der Waals surface area contributed by atoms with Gasteiger partial charge in [-0.05, 0) is 49.4 Å². The summed E-state index contributed by atoms with van der Waals surface area (Å²) in [6.45, 7) is 1.01. The highest BCUT2D eigenvalue weighted by Gasteiger charge is 2.12. The number of nitrogens with zero attached hydrogens (tertiary/aromatic N) is 1. The Kier molecular flexibility index (Phi) is 5.04. The van der Waals surface area contributed by atoms with E-state index in [-0.39, 0.29) is 5.56 Å². The second kappa shape index (κ2) is 7.21. The van der Waals surface area contributed by atoms with Crippen LogP contribution in [0.1, 0.15) is 6.42 Å². The molecule has 0 radical (unpaired) electrons. The Hall–Kier alpha value is -2.08. The molecule has 124 valence electrons. The van der Waals surface area contributed by atoms with Gasteiger partial charge in [0.1, 0.15) is 11.6 Å². The molecule has 0 aliphatic carbocycles. The molecule has 3 rings (SSSR count). The van der Waals surface area contributed by atoms with E-state index in [1.54, 1.807) is 36.4 Å². The van der Waals surface area contributed by atoms with Crippen LogP contribution in [0.3, 0.4) is 0 Å². The predicted molar refractivity (Wildman–Crippen MR) is 97.0 cm³/mol. The molecule has 0 saturated heterocycles. The Morgan fingerprint density at radius 3 is 2.67 bits per heavy atom. The van der Waals surface area contributed by atoms with Crippen LogP contribution in [0.15, 0.2) is 41.2 Å². The minimum atomic E-state index is -0.273. The quantitative estimate of drug-likeness (QED) is 0.678. The van der Waals surface area contributed by atoms with Gasteiger partial charge in [0, 0.05) is 10.0 Å². The van der Waals surface area contributed by atoms with Gasteiger partial charge in [-0.3, -0.25) is 4.79 Å². The summed E-state index contributed by atoms with van der Waals surface area (Å²) in [7, 11) is 0. The maximum absolute atomic E-state index is 12.3. The first-order chi connectivity index (χ1) is 11.6. The molecule has 0 unspecified atom stereocenters. The van der Waals surface area contributed by atoms with E-state index in [1.807, 2.05) is 0 Å². The summed E-state index contributed by atoms with van der Waals surface area (Å²) in [6.07, 6.45) is 0.724. The zero-order valence-corrected chi connectivity index (χ0v) is 14.2. The number of hydrogen-bond donors (Lipinski definition) is 2. The number of H-pyrrole nitrogens is 1. The number of rotatable bonds is 5. The normalized spacial score (nSPS) is 11.0. The highest BCUT2D eigenvalue weighted by atomic mass is 35.5. The number of nitrogens with two attached hydrogens (primary N) is 1. The summed E-state index contributed by atoms with van der Waals surface area (Å²) in [4.78, 5) is 19.6. The molecule has 7 heteroatoms. The zero-order chi connectivity index (χ0) is 17.1. The number of aromatic nitrogens is 2. The fraction of sp³-hybridized carbons (Fsp3) is 0.176. The van der Waals surface area contributed by atoms with Crippen molar-refractivity contribution in [3.8, 4) is 17.1 Å². The van der Waals surface area contributed by atoms with Crippen LogP contribution in [-0.2, 0) is 0 Å². The van der Waals surface area contributed by atoms with Gasteiger partial charge in [-0.1, -0.05) is 23.2 Å². The molecule has 0 bridgehead atoms. The monoisotopic (exact) mass is 363 g/mol. The van der Waals surface area contributed by atoms with Gasteiger partial charge >= 0.3 is 0 Å². The fourth-order valence-electron chi connectivity index (χ4n) is 2.32. The molecule has 5 nitrogen and oxygen atoms in total. The van der Waals surface area contributed by atoms with Gasteiger partial charge in [0.15, 0.2) is 0 Å². The van der Waals surface area contributed by atoms with Crippen LogP contribution in [0.2, 0.25) is 10.0 Å². The average Bonchev–Trinajstić information content (AvgIpc) is 2.57. The highest BCUT2D eigenvalue weighted by molar-refractivity contribution is 6.31. The van der Waals surface area contributed by atoms with Crippen molar-refractivity contribution >= 4 is 34.1 Å². The first kappa shape index (κ1) is 16.8. The number of ether oxygens (including phenoxy) is 1. The highest BCUT2D eigenvalue weighted by Crippen LogP contribution is 2.31. The van der Waals surface area contributed by atoms with Crippen molar-refractivity contribution in [1.29, 1.82) is 0 Å². The van der Waals surface area contributed by atoms with E-state index in [0.29, 0.717) is 51.2 Å². The number of hydrogen-bond acceptors (Lipinski definition) is 4. The lowest BCUT2D eigenvalue weighted by atomic mass is 10.1. The molecule has 0 aliphatic rings. The van der Waals surface area contributed by atoms with Gasteiger partial charge in [-0.2, -0.15) is 0 Å². The molecule has 0 aliphatic heterocycles. The Bertz CT molecular complexity index is 941. The number of nitrogens with one attached hydrogen (secondary N) is 1. The maximum atomic E-state index is 12.3. The van der Waals surface area contributed by atoms with Crippen molar-refractivity contribution < 1.29 is 4.74 Å². The largest absolute Gasteiger partial charge is 0.493 e. The third kappa shape index (κ3) is 3.53. The molecule has 0 fully saturated rings. The van der Waals surface area contributed by atoms with Crippen molar-refractivity contribution in [3.63, 3.8) is 0 Å². The lowest BCUT2D eigenvalue weighted by Crippen LogP contribution is -2.11. The summed E-state index contributed by atoms with van der Waals surface area (Å²) < 4.78 is 5.74. The first-order valence-electron chi connectivity index (χ1n) is 7.41. The van der Waals surface area contributed by atoms with Crippen molar-refractivity contribution in [2.24, 2.45) is 5.73 Å². The Morgan fingerprint density at radius 1 is 1.12 bits per heavy atom. The van der Waals surface area contributed by atoms with E-state index < -0.39 is 0 Å². The molecular weight excluding hydrogens is 349 g/mol. The van der Waals surface area contributed by atoms with E-state index in [9.17, 15) is 4.79 Å². The maximum Gasteiger partial charge on any atom is 0.259 e. The molecular formula is C17H15Cl2N3O2. The molecule has 0 atom stereocenters. The molecule has 24 heavy (non-hydrogen) atoms. The summed E-state index contributed by atoms with van der Waals surface area (Å²) in [6, 6.07) is 10.2. The van der Waals surface area contributed by atoms with Crippen molar-refractivity contribution in [3.05, 3.63) is 56.8 Å². The lowest BCUT2D eigenvalue weighted by molar-refractivity contribution is 0.314. The van der Waals surface area contributed by atoms with Crippen LogP contribution in [0.5, 0.6) is 5.75 Å². The summed E-state index contributed by atoms with van der Waals surface area (Å²) >= 11 is 12.0. The number of halogens is 2. The minimum Gasteiger partial charge on any atom is -0.493 e. The Morgan fingerprint density at radius 2 is 1.88 bits per heavy atom. The van der Waals surface area contributed by atoms with Crippen LogP contribution < -0.4 is 16.0 Å². The number of aromatic amines is 1.